The molecule has 0 saturated heterocycles. The molecule has 0 N–H and O–H groups in total. The summed E-state index contributed by atoms with van der Waals surface area (Å²) >= 11 is 0. The van der Waals surface area contributed by atoms with Gasteiger partial charge in [-0.1, -0.05) is 0 Å². The van der Waals surface area contributed by atoms with Crippen LogP contribution in [-0.4, -0.2) is 30.3 Å². The van der Waals surface area contributed by atoms with Gasteiger partial charge in [0.2, 0.25) is 5.91 Å². The topological polar surface area (TPSA) is 63.7 Å². The van der Waals surface area contributed by atoms with Gasteiger partial charge in [0, 0.05) is 24.9 Å². The molecule has 0 aromatic heterocycles. The number of ether oxygens (including phenoxy) is 1. The third kappa shape index (κ3) is 2.43. The number of anilines is 1. The fourth-order valence-electron chi connectivity index (χ4n) is 2.50. The van der Waals surface area contributed by atoms with Gasteiger partial charge in [0.05, 0.1) is 17.9 Å². The maximum absolute atomic E-state index is 12.1. The van der Waals surface area contributed by atoms with E-state index in [-0.39, 0.29) is 30.8 Å². The molecule has 0 saturated carbocycles. The van der Waals surface area contributed by atoms with Gasteiger partial charge in [0.25, 0.3) is 0 Å². The second kappa shape index (κ2) is 5.45. The number of rotatable bonds is 2. The predicted molar refractivity (Wildman–Crippen MR) is 74.0 cm³/mol. The number of esters is 1. The molecule has 2 rings (SSSR count). The van der Waals surface area contributed by atoms with Crippen LogP contribution in [0.1, 0.15) is 47.9 Å². The van der Waals surface area contributed by atoms with E-state index in [4.69, 9.17) is 4.74 Å². The Hall–Kier alpha value is -2.17. The number of carbonyl (C=O) groups excluding carboxylic acids is 3. The molecule has 1 amide bonds. The highest BCUT2D eigenvalue weighted by molar-refractivity contribution is 6.10. The zero-order valence-electron chi connectivity index (χ0n) is 11.8. The third-order valence-electron chi connectivity index (χ3n) is 3.33. The second-order valence-electron chi connectivity index (χ2n) is 4.82. The summed E-state index contributed by atoms with van der Waals surface area (Å²) in [5.74, 6) is -0.637. The summed E-state index contributed by atoms with van der Waals surface area (Å²) in [5, 5.41) is 0. The van der Waals surface area contributed by atoms with E-state index >= 15 is 0 Å². The first-order chi connectivity index (χ1) is 9.45. The monoisotopic (exact) mass is 275 g/mol. The van der Waals surface area contributed by atoms with Gasteiger partial charge in [-0.05, 0) is 32.0 Å². The number of ketones is 1. The van der Waals surface area contributed by atoms with Crippen LogP contribution >= 0.6 is 0 Å². The van der Waals surface area contributed by atoms with Crippen molar-refractivity contribution in [2.75, 3.05) is 11.5 Å². The standard InChI is InChI=1S/C15H17NO4/c1-4-20-15(19)11-5-6-13-12(8-11)14(18)7-9(2)16(13)10(3)17/h5-6,8-9H,4,7H2,1-3H3/t9-/m0/s1. The number of fused-ring (bicyclic) bond motifs is 1. The first-order valence-corrected chi connectivity index (χ1v) is 6.59. The summed E-state index contributed by atoms with van der Waals surface area (Å²) in [6, 6.07) is 4.56. The molecule has 20 heavy (non-hydrogen) atoms. The van der Waals surface area contributed by atoms with Crippen molar-refractivity contribution in [3.8, 4) is 0 Å². The SMILES string of the molecule is CCOC(=O)c1ccc2c(c1)C(=O)C[C@H](C)N2C(C)=O. The second-order valence-corrected chi connectivity index (χ2v) is 4.82. The van der Waals surface area contributed by atoms with Crippen molar-refractivity contribution in [1.82, 2.24) is 0 Å². The fraction of sp³-hybridized carbons (Fsp3) is 0.400. The van der Waals surface area contributed by atoms with Crippen LogP contribution in [0.2, 0.25) is 0 Å². The van der Waals surface area contributed by atoms with Gasteiger partial charge >= 0.3 is 5.97 Å². The summed E-state index contributed by atoms with van der Waals surface area (Å²) in [6.07, 6.45) is 0.263. The average molecular weight is 275 g/mol. The van der Waals surface area contributed by atoms with Crippen molar-refractivity contribution in [3.63, 3.8) is 0 Å². The van der Waals surface area contributed by atoms with E-state index in [2.05, 4.69) is 0 Å². The molecule has 0 aliphatic carbocycles. The lowest BCUT2D eigenvalue weighted by Gasteiger charge is -2.33. The minimum absolute atomic E-state index is 0.0591. The molecule has 1 heterocycles. The van der Waals surface area contributed by atoms with Gasteiger partial charge in [-0.25, -0.2) is 4.79 Å². The summed E-state index contributed by atoms with van der Waals surface area (Å²) in [5.41, 5.74) is 1.30. The van der Waals surface area contributed by atoms with E-state index in [0.29, 0.717) is 16.8 Å². The van der Waals surface area contributed by atoms with Gasteiger partial charge in [-0.15, -0.1) is 0 Å². The molecule has 1 aliphatic rings. The third-order valence-corrected chi connectivity index (χ3v) is 3.33. The molecule has 5 nitrogen and oxygen atoms in total. The minimum Gasteiger partial charge on any atom is -0.462 e. The van der Waals surface area contributed by atoms with Crippen LogP contribution in [0.3, 0.4) is 0 Å². The van der Waals surface area contributed by atoms with E-state index in [1.54, 1.807) is 24.0 Å². The highest BCUT2D eigenvalue weighted by atomic mass is 16.5. The first-order valence-electron chi connectivity index (χ1n) is 6.59. The van der Waals surface area contributed by atoms with E-state index in [9.17, 15) is 14.4 Å². The lowest BCUT2D eigenvalue weighted by Crippen LogP contribution is -2.42. The average Bonchev–Trinajstić information content (AvgIpc) is 2.38. The molecular weight excluding hydrogens is 258 g/mol. The van der Waals surface area contributed by atoms with Crippen LogP contribution in [0.4, 0.5) is 5.69 Å². The van der Waals surface area contributed by atoms with Crippen LogP contribution < -0.4 is 4.90 Å². The number of hydrogen-bond donors (Lipinski definition) is 0. The Morgan fingerprint density at radius 2 is 2.10 bits per heavy atom. The molecule has 106 valence electrons. The predicted octanol–water partition coefficient (Wildman–Crippen LogP) is 2.19. The molecule has 1 aliphatic heterocycles. The van der Waals surface area contributed by atoms with Crippen molar-refractivity contribution in [2.45, 2.75) is 33.2 Å². The normalized spacial score (nSPS) is 17.6. The minimum atomic E-state index is -0.462. The van der Waals surface area contributed by atoms with Gasteiger partial charge in [0.15, 0.2) is 5.78 Å². The van der Waals surface area contributed by atoms with E-state index in [1.807, 2.05) is 6.92 Å². The maximum Gasteiger partial charge on any atom is 0.338 e. The number of carbonyl (C=O) groups is 3. The molecule has 0 fully saturated rings. The van der Waals surface area contributed by atoms with Gasteiger partial charge in [-0.3, -0.25) is 9.59 Å². The molecule has 0 radical (unpaired) electrons. The quantitative estimate of drug-likeness (QED) is 0.776. The lowest BCUT2D eigenvalue weighted by molar-refractivity contribution is -0.117. The Morgan fingerprint density at radius 3 is 2.70 bits per heavy atom. The van der Waals surface area contributed by atoms with Crippen molar-refractivity contribution >= 4 is 23.3 Å². The number of Topliss-reactive ketones (excluding diaryl/α,β-unsaturated/α-hetero) is 1. The van der Waals surface area contributed by atoms with E-state index in [1.165, 1.54) is 13.0 Å². The Labute approximate surface area is 117 Å². The highest BCUT2D eigenvalue weighted by Crippen LogP contribution is 2.31. The highest BCUT2D eigenvalue weighted by Gasteiger charge is 2.31. The smallest absolute Gasteiger partial charge is 0.338 e. The van der Waals surface area contributed by atoms with Crippen molar-refractivity contribution in [3.05, 3.63) is 29.3 Å². The van der Waals surface area contributed by atoms with Crippen molar-refractivity contribution in [2.24, 2.45) is 0 Å². The van der Waals surface area contributed by atoms with Crippen LogP contribution in [0, 0.1) is 0 Å². The van der Waals surface area contributed by atoms with Gasteiger partial charge in [-0.2, -0.15) is 0 Å². The van der Waals surface area contributed by atoms with Crippen molar-refractivity contribution < 1.29 is 19.1 Å². The van der Waals surface area contributed by atoms with Crippen LogP contribution in [0.5, 0.6) is 0 Å². The number of hydrogen-bond acceptors (Lipinski definition) is 4. The summed E-state index contributed by atoms with van der Waals surface area (Å²) in [6.45, 7) is 5.30. The molecule has 1 aromatic rings. The zero-order chi connectivity index (χ0) is 14.9. The largest absolute Gasteiger partial charge is 0.462 e. The molecule has 1 atom stereocenters. The van der Waals surface area contributed by atoms with E-state index in [0.717, 1.165) is 0 Å². The maximum atomic E-state index is 12.1. The first kappa shape index (κ1) is 14.2. The van der Waals surface area contributed by atoms with Crippen LogP contribution in [0.25, 0.3) is 0 Å². The fourth-order valence-corrected chi connectivity index (χ4v) is 2.50. The number of amides is 1. The zero-order valence-corrected chi connectivity index (χ0v) is 11.8. The molecule has 1 aromatic carbocycles. The van der Waals surface area contributed by atoms with Gasteiger partial charge in [0.1, 0.15) is 0 Å². The summed E-state index contributed by atoms with van der Waals surface area (Å²) in [7, 11) is 0. The summed E-state index contributed by atoms with van der Waals surface area (Å²) < 4.78 is 4.92. The Bertz CT molecular complexity index is 579. The van der Waals surface area contributed by atoms with Gasteiger partial charge < -0.3 is 9.64 Å². The van der Waals surface area contributed by atoms with Crippen LogP contribution in [0.15, 0.2) is 18.2 Å². The van der Waals surface area contributed by atoms with Crippen molar-refractivity contribution in [1.29, 1.82) is 0 Å². The Kier molecular flexibility index (Phi) is 3.88. The molecular formula is C15H17NO4. The van der Waals surface area contributed by atoms with Crippen LogP contribution in [-0.2, 0) is 9.53 Å². The molecule has 0 bridgehead atoms. The Balaban J connectivity index is 2.47. The van der Waals surface area contributed by atoms with E-state index < -0.39 is 5.97 Å². The molecule has 0 spiro atoms. The Morgan fingerprint density at radius 1 is 1.40 bits per heavy atom. The number of nitrogens with zero attached hydrogens (tertiary/aromatic N) is 1. The molecule has 5 heteroatoms. The lowest BCUT2D eigenvalue weighted by atomic mass is 9.93. The summed E-state index contributed by atoms with van der Waals surface area (Å²) in [4.78, 5) is 37.1. The number of benzene rings is 1. The molecule has 0 unspecified atom stereocenters.